The molecule has 0 radical (unpaired) electrons. The van der Waals surface area contributed by atoms with Gasteiger partial charge in [0.15, 0.2) is 5.69 Å². The van der Waals surface area contributed by atoms with Crippen LogP contribution in [0.5, 0.6) is 6.01 Å². The minimum absolute atomic E-state index is 0.127. The Morgan fingerprint density at radius 1 is 1.19 bits per heavy atom. The second-order valence-electron chi connectivity index (χ2n) is 14.1. The first kappa shape index (κ1) is 30.3. The average Bonchev–Trinajstić information content (AvgIpc) is 3.69. The van der Waals surface area contributed by atoms with Crippen LogP contribution in [-0.4, -0.2) is 87.5 Å². The SMILES string of the molecule is CN(C)C(=O)c1cc2n(n1)CCCN(c1nc(OCC34CCCN3C[C@H](F)C4)nc3c1COC1(CCCc4cccc(C#N)c41)C3)C2. The number of anilines is 1. The van der Waals surface area contributed by atoms with Gasteiger partial charge < -0.3 is 19.3 Å². The molecule has 12 heteroatoms. The van der Waals surface area contributed by atoms with Crippen LogP contribution >= 0.6 is 0 Å². The molecule has 3 aromatic rings. The lowest BCUT2D eigenvalue weighted by Gasteiger charge is -2.43. The minimum Gasteiger partial charge on any atom is -0.461 e. The zero-order valence-corrected chi connectivity index (χ0v) is 27.2. The number of hydrogen-bond donors (Lipinski definition) is 0. The summed E-state index contributed by atoms with van der Waals surface area (Å²) in [6.45, 7) is 3.95. The number of ether oxygens (including phenoxy) is 2. The molecule has 47 heavy (non-hydrogen) atoms. The number of fused-ring (bicyclic) bond motifs is 5. The normalized spacial score (nSPS) is 26.6. The quantitative estimate of drug-likeness (QED) is 0.410. The Kier molecular flexibility index (Phi) is 7.44. The first-order chi connectivity index (χ1) is 22.8. The number of aryl methyl sites for hydroxylation is 2. The van der Waals surface area contributed by atoms with Crippen molar-refractivity contribution in [3.05, 3.63) is 63.6 Å². The molecule has 4 aliphatic heterocycles. The number of rotatable bonds is 5. The van der Waals surface area contributed by atoms with Gasteiger partial charge in [-0.05, 0) is 62.8 Å². The van der Waals surface area contributed by atoms with E-state index in [2.05, 4.69) is 27.0 Å². The summed E-state index contributed by atoms with van der Waals surface area (Å²) in [6, 6.07) is 10.5. The fraction of sp³-hybridized carbons (Fsp3) is 0.571. The summed E-state index contributed by atoms with van der Waals surface area (Å²) in [7, 11) is 3.46. The highest BCUT2D eigenvalue weighted by atomic mass is 19.1. The smallest absolute Gasteiger partial charge is 0.318 e. The van der Waals surface area contributed by atoms with Crippen LogP contribution in [0.2, 0.25) is 0 Å². The fourth-order valence-electron chi connectivity index (χ4n) is 8.72. The van der Waals surface area contributed by atoms with Crippen LogP contribution in [0, 0.1) is 11.3 Å². The summed E-state index contributed by atoms with van der Waals surface area (Å²) >= 11 is 0. The van der Waals surface area contributed by atoms with Crippen molar-refractivity contribution in [2.24, 2.45) is 0 Å². The van der Waals surface area contributed by atoms with Crippen LogP contribution in [-0.2, 0) is 42.9 Å². The molecule has 1 aliphatic carbocycles. The molecular formula is C35H41FN8O3. The maximum Gasteiger partial charge on any atom is 0.318 e. The summed E-state index contributed by atoms with van der Waals surface area (Å²) in [4.78, 5) is 28.8. The third-order valence-electron chi connectivity index (χ3n) is 10.9. The summed E-state index contributed by atoms with van der Waals surface area (Å²) in [5, 5.41) is 14.7. The van der Waals surface area contributed by atoms with Crippen molar-refractivity contribution >= 4 is 11.7 Å². The van der Waals surface area contributed by atoms with Gasteiger partial charge in [-0.3, -0.25) is 14.4 Å². The molecule has 246 valence electrons. The van der Waals surface area contributed by atoms with Gasteiger partial charge in [0.05, 0.1) is 41.7 Å². The van der Waals surface area contributed by atoms with Crippen molar-refractivity contribution in [3.63, 3.8) is 0 Å². The number of carbonyl (C=O) groups is 1. The number of benzene rings is 1. The number of hydrogen-bond acceptors (Lipinski definition) is 9. The van der Waals surface area contributed by atoms with Gasteiger partial charge in [0.25, 0.3) is 5.91 Å². The minimum atomic E-state index is -0.845. The molecule has 2 fully saturated rings. The Labute approximate surface area is 274 Å². The summed E-state index contributed by atoms with van der Waals surface area (Å²) in [5.41, 5.74) is 4.99. The molecule has 1 spiro atoms. The topological polar surface area (TPSA) is 113 Å². The van der Waals surface area contributed by atoms with Crippen LogP contribution in [0.4, 0.5) is 10.2 Å². The predicted molar refractivity (Wildman–Crippen MR) is 171 cm³/mol. The second-order valence-corrected chi connectivity index (χ2v) is 14.1. The molecule has 5 aliphatic rings. The van der Waals surface area contributed by atoms with Gasteiger partial charge in [0.2, 0.25) is 0 Å². The van der Waals surface area contributed by atoms with Gasteiger partial charge >= 0.3 is 6.01 Å². The zero-order chi connectivity index (χ0) is 32.3. The second kappa shape index (κ2) is 11.6. The number of nitriles is 1. The summed E-state index contributed by atoms with van der Waals surface area (Å²) < 4.78 is 29.8. The van der Waals surface area contributed by atoms with E-state index >= 15 is 0 Å². The van der Waals surface area contributed by atoms with E-state index in [4.69, 9.17) is 19.4 Å². The molecule has 1 aromatic carbocycles. The van der Waals surface area contributed by atoms with E-state index in [1.807, 2.05) is 22.9 Å². The maximum absolute atomic E-state index is 14.6. The van der Waals surface area contributed by atoms with Crippen LogP contribution in [0.1, 0.15) is 82.7 Å². The largest absolute Gasteiger partial charge is 0.461 e. The molecule has 2 saturated heterocycles. The summed E-state index contributed by atoms with van der Waals surface area (Å²) in [6.07, 6.45) is 5.57. The fourth-order valence-corrected chi connectivity index (χ4v) is 8.72. The third kappa shape index (κ3) is 5.15. The standard InChI is InChI=1S/C35H41FN8O3/c1-41(2)32(45)28-15-26-20-42(12-6-14-44(26)40-28)31-27-21-47-35(11-4-9-23-7-3-8-24(18-37)30(23)35)17-29(27)38-33(39-31)46-22-34-10-5-13-43(34)19-25(36)16-34/h3,7-8,15,25H,4-6,9-14,16-17,19-22H2,1-2H3/t25-,34?,35?/m1/s1. The summed E-state index contributed by atoms with van der Waals surface area (Å²) in [5.74, 6) is 0.633. The van der Waals surface area contributed by atoms with Crippen molar-refractivity contribution in [1.29, 1.82) is 5.26 Å². The van der Waals surface area contributed by atoms with Crippen molar-refractivity contribution in [2.45, 2.75) is 88.4 Å². The molecule has 0 N–H and O–H groups in total. The number of aromatic nitrogens is 4. The van der Waals surface area contributed by atoms with Gasteiger partial charge in [-0.25, -0.2) is 4.39 Å². The van der Waals surface area contributed by atoms with Crippen molar-refractivity contribution in [1.82, 2.24) is 29.5 Å². The monoisotopic (exact) mass is 640 g/mol. The molecule has 0 bridgehead atoms. The number of amides is 1. The predicted octanol–water partition coefficient (Wildman–Crippen LogP) is 3.92. The Morgan fingerprint density at radius 3 is 2.94 bits per heavy atom. The van der Waals surface area contributed by atoms with Gasteiger partial charge in [-0.15, -0.1) is 0 Å². The molecule has 3 atom stereocenters. The van der Waals surface area contributed by atoms with E-state index in [-0.39, 0.29) is 11.4 Å². The highest BCUT2D eigenvalue weighted by Gasteiger charge is 2.50. The first-order valence-electron chi connectivity index (χ1n) is 16.9. The zero-order valence-electron chi connectivity index (χ0n) is 27.2. The van der Waals surface area contributed by atoms with E-state index < -0.39 is 11.8 Å². The van der Waals surface area contributed by atoms with E-state index in [0.29, 0.717) is 63.0 Å². The van der Waals surface area contributed by atoms with Crippen LogP contribution in [0.15, 0.2) is 24.3 Å². The molecule has 11 nitrogen and oxygen atoms in total. The molecule has 1 amide bonds. The van der Waals surface area contributed by atoms with E-state index in [1.165, 1.54) is 0 Å². The number of carbonyl (C=O) groups excluding carboxylic acids is 1. The maximum atomic E-state index is 14.6. The van der Waals surface area contributed by atoms with Gasteiger partial charge in [-0.1, -0.05) is 12.1 Å². The van der Waals surface area contributed by atoms with Crippen LogP contribution in [0.25, 0.3) is 0 Å². The molecule has 2 aromatic heterocycles. The Morgan fingerprint density at radius 2 is 2.09 bits per heavy atom. The Hall–Kier alpha value is -4.08. The van der Waals surface area contributed by atoms with Gasteiger partial charge in [-0.2, -0.15) is 20.3 Å². The molecule has 6 heterocycles. The van der Waals surface area contributed by atoms with Crippen LogP contribution in [0.3, 0.4) is 0 Å². The van der Waals surface area contributed by atoms with E-state index in [0.717, 1.165) is 85.5 Å². The third-order valence-corrected chi connectivity index (χ3v) is 10.9. The lowest BCUT2D eigenvalue weighted by Crippen LogP contribution is -2.44. The molecule has 0 saturated carbocycles. The lowest BCUT2D eigenvalue weighted by atomic mass is 9.73. The molecular weight excluding hydrogens is 599 g/mol. The number of halogens is 1. The van der Waals surface area contributed by atoms with Crippen LogP contribution < -0.4 is 9.64 Å². The Balaban J connectivity index is 1.17. The van der Waals surface area contributed by atoms with Crippen molar-refractivity contribution < 1.29 is 18.7 Å². The van der Waals surface area contributed by atoms with Gasteiger partial charge in [0, 0.05) is 57.7 Å². The average molecular weight is 641 g/mol. The number of alkyl halides is 1. The van der Waals surface area contributed by atoms with Crippen molar-refractivity contribution in [2.75, 3.05) is 45.2 Å². The number of nitrogens with zero attached hydrogens (tertiary/aromatic N) is 8. The molecule has 8 rings (SSSR count). The Bertz CT molecular complexity index is 1770. The van der Waals surface area contributed by atoms with Gasteiger partial charge in [0.1, 0.15) is 24.2 Å². The highest BCUT2D eigenvalue weighted by molar-refractivity contribution is 5.92. The highest BCUT2D eigenvalue weighted by Crippen LogP contribution is 2.47. The molecule has 2 unspecified atom stereocenters. The van der Waals surface area contributed by atoms with Crippen molar-refractivity contribution in [3.8, 4) is 12.1 Å². The van der Waals surface area contributed by atoms with E-state index in [1.54, 1.807) is 19.0 Å². The van der Waals surface area contributed by atoms with E-state index in [9.17, 15) is 14.4 Å². The lowest BCUT2D eigenvalue weighted by molar-refractivity contribution is -0.0857. The first-order valence-corrected chi connectivity index (χ1v) is 16.9.